The van der Waals surface area contributed by atoms with Crippen molar-refractivity contribution in [2.75, 3.05) is 6.61 Å². The Balaban J connectivity index is 2.51. The molecule has 0 amide bonds. The summed E-state index contributed by atoms with van der Waals surface area (Å²) < 4.78 is 10.6. The van der Waals surface area contributed by atoms with E-state index in [1.54, 1.807) is 12.1 Å². The van der Waals surface area contributed by atoms with Crippen LogP contribution in [0, 0.1) is 0 Å². The van der Waals surface area contributed by atoms with E-state index < -0.39 is 0 Å². The Morgan fingerprint density at radius 2 is 1.69 bits per heavy atom. The maximum atomic E-state index is 9.96. The minimum atomic E-state index is 0.0286. The van der Waals surface area contributed by atoms with E-state index >= 15 is 0 Å². The highest BCUT2D eigenvalue weighted by molar-refractivity contribution is 6.03. The van der Waals surface area contributed by atoms with Gasteiger partial charge in [-0.3, -0.25) is 0 Å². The summed E-state index contributed by atoms with van der Waals surface area (Å²) in [5.74, 6) is 0.0884. The van der Waals surface area contributed by atoms with Gasteiger partial charge in [0.25, 0.3) is 0 Å². The molecule has 0 atom stereocenters. The molecule has 0 unspecified atom stereocenters. The van der Waals surface area contributed by atoms with Crippen molar-refractivity contribution in [3.8, 4) is 5.75 Å². The lowest BCUT2D eigenvalue weighted by molar-refractivity contribution is 0.300. The predicted molar refractivity (Wildman–Crippen MR) is 58.4 cm³/mol. The highest BCUT2D eigenvalue weighted by Crippen LogP contribution is 2.38. The van der Waals surface area contributed by atoms with Crippen LogP contribution in [0.3, 0.4) is 0 Å². The van der Waals surface area contributed by atoms with Crippen molar-refractivity contribution in [1.82, 2.24) is 0 Å². The monoisotopic (exact) mass is 218 g/mol. The van der Waals surface area contributed by atoms with Crippen molar-refractivity contribution in [1.29, 1.82) is 0 Å². The summed E-state index contributed by atoms with van der Waals surface area (Å²) in [7, 11) is 0. The van der Waals surface area contributed by atoms with Crippen LogP contribution in [0.4, 0.5) is 0 Å². The standard InChI is InChI=1S/C12H10O4/c13-4-1-7-8-2-5-16-12(8)10(14)9-3-6-15-11(7)9/h2-3,5-6,13-14H,1,4H2. The lowest BCUT2D eigenvalue weighted by Gasteiger charge is -2.04. The Labute approximate surface area is 90.7 Å². The number of fused-ring (bicyclic) bond motifs is 2. The van der Waals surface area contributed by atoms with Crippen LogP contribution in [0.5, 0.6) is 5.75 Å². The van der Waals surface area contributed by atoms with Gasteiger partial charge in [0.05, 0.1) is 17.9 Å². The van der Waals surface area contributed by atoms with E-state index in [0.717, 1.165) is 10.9 Å². The average Bonchev–Trinajstić information content (AvgIpc) is 2.92. The van der Waals surface area contributed by atoms with E-state index in [2.05, 4.69) is 0 Å². The van der Waals surface area contributed by atoms with Crippen molar-refractivity contribution in [3.63, 3.8) is 0 Å². The SMILES string of the molecule is OCCc1c2ccoc2c(O)c2ccoc12. The van der Waals surface area contributed by atoms with Crippen LogP contribution in [0.1, 0.15) is 5.56 Å². The predicted octanol–water partition coefficient (Wildman–Crippen LogP) is 2.42. The molecule has 0 aliphatic heterocycles. The Hall–Kier alpha value is -1.94. The number of furan rings is 2. The molecule has 3 rings (SSSR count). The number of phenols is 1. The van der Waals surface area contributed by atoms with Gasteiger partial charge in [0.15, 0.2) is 11.3 Å². The van der Waals surface area contributed by atoms with Crippen LogP contribution in [-0.2, 0) is 6.42 Å². The molecule has 2 N–H and O–H groups in total. The molecule has 2 aromatic heterocycles. The second kappa shape index (κ2) is 3.28. The molecule has 0 fully saturated rings. The quantitative estimate of drug-likeness (QED) is 0.693. The molecule has 4 heteroatoms. The molecule has 82 valence electrons. The first-order valence-corrected chi connectivity index (χ1v) is 5.02. The van der Waals surface area contributed by atoms with Crippen molar-refractivity contribution in [2.45, 2.75) is 6.42 Å². The first kappa shape index (κ1) is 9.30. The third-order valence-electron chi connectivity index (χ3n) is 2.76. The van der Waals surface area contributed by atoms with E-state index in [9.17, 15) is 5.11 Å². The zero-order valence-corrected chi connectivity index (χ0v) is 8.43. The summed E-state index contributed by atoms with van der Waals surface area (Å²) in [5, 5.41) is 20.4. The zero-order chi connectivity index (χ0) is 11.1. The number of aromatic hydroxyl groups is 1. The van der Waals surface area contributed by atoms with Crippen molar-refractivity contribution in [3.05, 3.63) is 30.2 Å². The molecule has 0 saturated carbocycles. The summed E-state index contributed by atoms with van der Waals surface area (Å²) in [6, 6.07) is 3.45. The van der Waals surface area contributed by atoms with E-state index in [0.29, 0.717) is 23.0 Å². The topological polar surface area (TPSA) is 66.7 Å². The van der Waals surface area contributed by atoms with Gasteiger partial charge in [0.1, 0.15) is 5.58 Å². The van der Waals surface area contributed by atoms with Crippen LogP contribution in [0.2, 0.25) is 0 Å². The van der Waals surface area contributed by atoms with Gasteiger partial charge in [-0.2, -0.15) is 0 Å². The molecular weight excluding hydrogens is 208 g/mol. The molecule has 1 aromatic carbocycles. The Morgan fingerprint density at radius 1 is 1.00 bits per heavy atom. The van der Waals surface area contributed by atoms with Crippen molar-refractivity contribution < 1.29 is 19.0 Å². The summed E-state index contributed by atoms with van der Waals surface area (Å²) in [6.07, 6.45) is 3.51. The molecular formula is C12H10O4. The Bertz CT molecular complexity index is 596. The molecule has 0 spiro atoms. The number of aliphatic hydroxyl groups is 1. The first-order valence-electron chi connectivity index (χ1n) is 5.02. The van der Waals surface area contributed by atoms with E-state index in [1.807, 2.05) is 0 Å². The third-order valence-corrected chi connectivity index (χ3v) is 2.76. The normalized spacial score (nSPS) is 11.6. The molecule has 0 radical (unpaired) electrons. The van der Waals surface area contributed by atoms with E-state index in [4.69, 9.17) is 13.9 Å². The van der Waals surface area contributed by atoms with Gasteiger partial charge in [-0.25, -0.2) is 0 Å². The highest BCUT2D eigenvalue weighted by atomic mass is 16.4. The molecule has 16 heavy (non-hydrogen) atoms. The van der Waals surface area contributed by atoms with Crippen LogP contribution in [0.25, 0.3) is 21.9 Å². The van der Waals surface area contributed by atoms with Crippen LogP contribution in [0.15, 0.2) is 33.5 Å². The lowest BCUT2D eigenvalue weighted by atomic mass is 10.0. The fraction of sp³-hybridized carbons (Fsp3) is 0.167. The minimum Gasteiger partial charge on any atom is -0.504 e. The molecule has 2 heterocycles. The van der Waals surface area contributed by atoms with Gasteiger partial charge in [-0.1, -0.05) is 0 Å². The number of aliphatic hydroxyl groups excluding tert-OH is 1. The molecule has 0 aliphatic carbocycles. The number of hydrogen-bond acceptors (Lipinski definition) is 4. The van der Waals surface area contributed by atoms with Crippen molar-refractivity contribution >= 4 is 21.9 Å². The Morgan fingerprint density at radius 3 is 2.44 bits per heavy atom. The number of rotatable bonds is 2. The average molecular weight is 218 g/mol. The smallest absolute Gasteiger partial charge is 0.176 e. The Kier molecular flexibility index (Phi) is 1.91. The summed E-state index contributed by atoms with van der Waals surface area (Å²) in [4.78, 5) is 0. The van der Waals surface area contributed by atoms with Gasteiger partial charge >= 0.3 is 0 Å². The zero-order valence-electron chi connectivity index (χ0n) is 8.43. The van der Waals surface area contributed by atoms with Gasteiger partial charge in [-0.15, -0.1) is 0 Å². The van der Waals surface area contributed by atoms with E-state index in [-0.39, 0.29) is 12.4 Å². The number of benzene rings is 1. The third kappa shape index (κ3) is 1.07. The largest absolute Gasteiger partial charge is 0.504 e. The molecule has 0 saturated heterocycles. The fourth-order valence-corrected chi connectivity index (χ4v) is 2.06. The summed E-state index contributed by atoms with van der Waals surface area (Å²) >= 11 is 0. The molecule has 4 nitrogen and oxygen atoms in total. The summed E-state index contributed by atoms with van der Waals surface area (Å²) in [5.41, 5.74) is 1.92. The minimum absolute atomic E-state index is 0.0286. The fourth-order valence-electron chi connectivity index (χ4n) is 2.06. The first-order chi connectivity index (χ1) is 7.83. The number of hydrogen-bond donors (Lipinski definition) is 2. The van der Waals surface area contributed by atoms with Crippen molar-refractivity contribution in [2.24, 2.45) is 0 Å². The molecule has 0 bridgehead atoms. The van der Waals surface area contributed by atoms with Gasteiger partial charge in [0, 0.05) is 17.6 Å². The summed E-state index contributed by atoms with van der Waals surface area (Å²) in [6.45, 7) is 0.0286. The van der Waals surface area contributed by atoms with E-state index in [1.165, 1.54) is 12.5 Å². The second-order valence-corrected chi connectivity index (χ2v) is 3.63. The second-order valence-electron chi connectivity index (χ2n) is 3.63. The van der Waals surface area contributed by atoms with Gasteiger partial charge < -0.3 is 19.0 Å². The van der Waals surface area contributed by atoms with Crippen LogP contribution < -0.4 is 0 Å². The van der Waals surface area contributed by atoms with Gasteiger partial charge in [-0.05, 0) is 18.6 Å². The lowest BCUT2D eigenvalue weighted by Crippen LogP contribution is -1.92. The maximum Gasteiger partial charge on any atom is 0.176 e. The molecule has 3 aromatic rings. The number of phenolic OH excluding ortho intramolecular Hbond substituents is 1. The van der Waals surface area contributed by atoms with Crippen LogP contribution >= 0.6 is 0 Å². The maximum absolute atomic E-state index is 9.96. The van der Waals surface area contributed by atoms with Crippen LogP contribution in [-0.4, -0.2) is 16.8 Å². The highest BCUT2D eigenvalue weighted by Gasteiger charge is 2.17. The molecule has 0 aliphatic rings. The van der Waals surface area contributed by atoms with Gasteiger partial charge in [0.2, 0.25) is 0 Å².